The van der Waals surface area contributed by atoms with Crippen LogP contribution in [0.2, 0.25) is 0 Å². The van der Waals surface area contributed by atoms with Gasteiger partial charge >= 0.3 is 0 Å². The molecule has 6 nitrogen and oxygen atoms in total. The minimum atomic E-state index is 0.473. The van der Waals surface area contributed by atoms with Gasteiger partial charge in [-0.05, 0) is 49.4 Å². The van der Waals surface area contributed by atoms with Crippen LogP contribution in [0.4, 0.5) is 0 Å². The van der Waals surface area contributed by atoms with Crippen LogP contribution >= 0.6 is 0 Å². The summed E-state index contributed by atoms with van der Waals surface area (Å²) in [6, 6.07) is 21.4. The zero-order valence-electron chi connectivity index (χ0n) is 19.0. The SMILES string of the molecule is CCNC(=NCCc1cnn(-c2ccccc2)c1)NC1CCN(Cc2ccccc2)CC1. The third-order valence-corrected chi connectivity index (χ3v) is 5.85. The monoisotopic (exact) mass is 430 g/mol. The molecular weight excluding hydrogens is 396 g/mol. The molecule has 1 aliphatic rings. The van der Waals surface area contributed by atoms with E-state index in [9.17, 15) is 0 Å². The second-order valence-electron chi connectivity index (χ2n) is 8.32. The topological polar surface area (TPSA) is 57.5 Å². The minimum absolute atomic E-state index is 0.473. The molecule has 1 fully saturated rings. The highest BCUT2D eigenvalue weighted by molar-refractivity contribution is 5.80. The maximum Gasteiger partial charge on any atom is 0.191 e. The van der Waals surface area contributed by atoms with Crippen LogP contribution < -0.4 is 10.6 Å². The van der Waals surface area contributed by atoms with E-state index in [-0.39, 0.29) is 0 Å². The Morgan fingerprint density at radius 1 is 1.00 bits per heavy atom. The molecule has 6 heteroatoms. The van der Waals surface area contributed by atoms with Crippen LogP contribution in [-0.2, 0) is 13.0 Å². The lowest BCUT2D eigenvalue weighted by molar-refractivity contribution is 0.198. The van der Waals surface area contributed by atoms with E-state index in [1.807, 2.05) is 29.1 Å². The van der Waals surface area contributed by atoms with E-state index >= 15 is 0 Å². The van der Waals surface area contributed by atoms with E-state index < -0.39 is 0 Å². The summed E-state index contributed by atoms with van der Waals surface area (Å²) in [5.74, 6) is 0.921. The zero-order valence-corrected chi connectivity index (χ0v) is 19.0. The first kappa shape index (κ1) is 22.1. The average molecular weight is 431 g/mol. The van der Waals surface area contributed by atoms with Crippen molar-refractivity contribution in [3.8, 4) is 5.69 Å². The van der Waals surface area contributed by atoms with Crippen LogP contribution in [-0.4, -0.2) is 52.9 Å². The fourth-order valence-corrected chi connectivity index (χ4v) is 4.10. The van der Waals surface area contributed by atoms with Gasteiger partial charge in [0.15, 0.2) is 5.96 Å². The first-order valence-electron chi connectivity index (χ1n) is 11.7. The number of guanidine groups is 1. The van der Waals surface area contributed by atoms with E-state index in [1.165, 1.54) is 11.1 Å². The molecule has 2 heterocycles. The molecule has 1 saturated heterocycles. The van der Waals surface area contributed by atoms with E-state index in [1.54, 1.807) is 0 Å². The molecule has 0 unspecified atom stereocenters. The van der Waals surface area contributed by atoms with Crippen molar-refractivity contribution in [2.24, 2.45) is 4.99 Å². The third-order valence-electron chi connectivity index (χ3n) is 5.85. The molecule has 0 saturated carbocycles. The van der Waals surface area contributed by atoms with Gasteiger partial charge in [0, 0.05) is 45.0 Å². The zero-order chi connectivity index (χ0) is 22.0. The minimum Gasteiger partial charge on any atom is -0.357 e. The van der Waals surface area contributed by atoms with Gasteiger partial charge in [0.2, 0.25) is 0 Å². The largest absolute Gasteiger partial charge is 0.357 e. The van der Waals surface area contributed by atoms with Crippen molar-refractivity contribution >= 4 is 5.96 Å². The van der Waals surface area contributed by atoms with Crippen molar-refractivity contribution in [3.05, 3.63) is 84.2 Å². The number of rotatable bonds is 8. The summed E-state index contributed by atoms with van der Waals surface area (Å²) >= 11 is 0. The van der Waals surface area contributed by atoms with Crippen LogP contribution in [0.5, 0.6) is 0 Å². The van der Waals surface area contributed by atoms with E-state index in [0.717, 1.165) is 63.6 Å². The van der Waals surface area contributed by atoms with Gasteiger partial charge in [-0.15, -0.1) is 0 Å². The molecule has 2 N–H and O–H groups in total. The average Bonchev–Trinajstić information content (AvgIpc) is 3.31. The summed E-state index contributed by atoms with van der Waals surface area (Å²) < 4.78 is 1.92. The highest BCUT2D eigenvalue weighted by Crippen LogP contribution is 2.14. The molecule has 2 aromatic carbocycles. The maximum atomic E-state index is 4.82. The summed E-state index contributed by atoms with van der Waals surface area (Å²) in [5, 5.41) is 11.5. The third kappa shape index (κ3) is 6.44. The lowest BCUT2D eigenvalue weighted by atomic mass is 10.0. The molecule has 1 aliphatic heterocycles. The molecule has 0 spiro atoms. The number of nitrogens with zero attached hydrogens (tertiary/aromatic N) is 4. The summed E-state index contributed by atoms with van der Waals surface area (Å²) in [6.45, 7) is 6.99. The van der Waals surface area contributed by atoms with Gasteiger partial charge in [-0.2, -0.15) is 5.10 Å². The van der Waals surface area contributed by atoms with Crippen molar-refractivity contribution in [1.82, 2.24) is 25.3 Å². The molecule has 4 rings (SSSR count). The van der Waals surface area contributed by atoms with Gasteiger partial charge in [-0.3, -0.25) is 9.89 Å². The van der Waals surface area contributed by atoms with Crippen LogP contribution in [0.25, 0.3) is 5.69 Å². The molecule has 0 atom stereocenters. The van der Waals surface area contributed by atoms with Crippen LogP contribution in [0.3, 0.4) is 0 Å². The number of para-hydroxylation sites is 1. The van der Waals surface area contributed by atoms with Gasteiger partial charge in [-0.25, -0.2) is 4.68 Å². The number of nitrogens with one attached hydrogen (secondary N) is 2. The Hall–Kier alpha value is -3.12. The number of piperidine rings is 1. The van der Waals surface area contributed by atoms with Gasteiger partial charge < -0.3 is 10.6 Å². The fourth-order valence-electron chi connectivity index (χ4n) is 4.10. The lowest BCUT2D eigenvalue weighted by Gasteiger charge is -2.33. The Kier molecular flexibility index (Phi) is 7.93. The normalized spacial score (nSPS) is 15.6. The van der Waals surface area contributed by atoms with E-state index in [0.29, 0.717) is 6.04 Å². The fraction of sp³-hybridized carbons (Fsp3) is 0.385. The van der Waals surface area contributed by atoms with Gasteiger partial charge in [-0.1, -0.05) is 48.5 Å². The summed E-state index contributed by atoms with van der Waals surface area (Å²) in [6.07, 6.45) is 7.18. The maximum absolute atomic E-state index is 4.82. The Morgan fingerprint density at radius 2 is 1.72 bits per heavy atom. The number of hydrogen-bond donors (Lipinski definition) is 2. The molecule has 3 aromatic rings. The highest BCUT2D eigenvalue weighted by atomic mass is 15.3. The Balaban J connectivity index is 1.24. The van der Waals surface area contributed by atoms with Crippen LogP contribution in [0.1, 0.15) is 30.9 Å². The predicted octanol–water partition coefficient (Wildman–Crippen LogP) is 3.63. The predicted molar refractivity (Wildman–Crippen MR) is 131 cm³/mol. The number of hydrogen-bond acceptors (Lipinski definition) is 3. The molecule has 1 aromatic heterocycles. The molecule has 0 aliphatic carbocycles. The Morgan fingerprint density at radius 3 is 2.44 bits per heavy atom. The molecule has 0 bridgehead atoms. The van der Waals surface area contributed by atoms with Gasteiger partial charge in [0.25, 0.3) is 0 Å². The van der Waals surface area contributed by atoms with Crippen molar-refractivity contribution in [2.45, 2.75) is 38.8 Å². The number of aliphatic imine (C=N–C) groups is 1. The summed E-state index contributed by atoms with van der Waals surface area (Å²) in [5.41, 5.74) is 3.67. The van der Waals surface area contributed by atoms with Gasteiger partial charge in [0.05, 0.1) is 11.9 Å². The smallest absolute Gasteiger partial charge is 0.191 e. The van der Waals surface area contributed by atoms with Crippen LogP contribution in [0.15, 0.2) is 78.0 Å². The van der Waals surface area contributed by atoms with Crippen molar-refractivity contribution in [1.29, 1.82) is 0 Å². The number of aromatic nitrogens is 2. The van der Waals surface area contributed by atoms with E-state index in [4.69, 9.17) is 4.99 Å². The van der Waals surface area contributed by atoms with E-state index in [2.05, 4.69) is 76.2 Å². The van der Waals surface area contributed by atoms with Gasteiger partial charge in [0.1, 0.15) is 0 Å². The molecule has 168 valence electrons. The second-order valence-corrected chi connectivity index (χ2v) is 8.32. The molecule has 0 amide bonds. The standard InChI is InChI=1S/C26H34N6/c1-2-27-26(28-16-13-23-19-29-32(21-23)25-11-7-4-8-12-25)30-24-14-17-31(18-15-24)20-22-9-5-3-6-10-22/h3-12,19,21,24H,2,13-18,20H2,1H3,(H2,27,28,30). The summed E-state index contributed by atoms with van der Waals surface area (Å²) in [7, 11) is 0. The van der Waals surface area contributed by atoms with Crippen LogP contribution in [0, 0.1) is 0 Å². The van der Waals surface area contributed by atoms with Crippen molar-refractivity contribution < 1.29 is 0 Å². The lowest BCUT2D eigenvalue weighted by Crippen LogP contribution is -2.48. The molecule has 32 heavy (non-hydrogen) atoms. The first-order chi connectivity index (χ1) is 15.8. The Labute approximate surface area is 191 Å². The number of likely N-dealkylation sites (tertiary alicyclic amines) is 1. The highest BCUT2D eigenvalue weighted by Gasteiger charge is 2.20. The van der Waals surface area contributed by atoms with Crippen molar-refractivity contribution in [2.75, 3.05) is 26.2 Å². The Bertz CT molecular complexity index is 958. The molecule has 0 radical (unpaired) electrons. The first-order valence-corrected chi connectivity index (χ1v) is 11.7. The van der Waals surface area contributed by atoms with Crippen molar-refractivity contribution in [3.63, 3.8) is 0 Å². The molecular formula is C26H34N6. The second kappa shape index (κ2) is 11.5. The quantitative estimate of drug-likeness (QED) is 0.423. The summed E-state index contributed by atoms with van der Waals surface area (Å²) in [4.78, 5) is 7.36. The number of benzene rings is 2.